The van der Waals surface area contributed by atoms with Crippen LogP contribution in [0.1, 0.15) is 20.8 Å². The highest BCUT2D eigenvalue weighted by Gasteiger charge is 2.30. The second kappa shape index (κ2) is 6.93. The number of allylic oxidation sites excluding steroid dienone is 1. The molecular weight excluding hydrogens is 258 g/mol. The molecule has 15 heavy (non-hydrogen) atoms. The van der Waals surface area contributed by atoms with E-state index in [-0.39, 0.29) is 24.0 Å². The molecule has 6 heteroatoms. The Kier molecular flexibility index (Phi) is 7.14. The average molecular weight is 275 g/mol. The molecule has 0 fully saturated rings. The Balaban J connectivity index is 4.60. The van der Waals surface area contributed by atoms with Gasteiger partial charge in [-0.05, 0) is 20.8 Å². The third-order valence-electron chi connectivity index (χ3n) is 1.54. The summed E-state index contributed by atoms with van der Waals surface area (Å²) < 4.78 is 22.7. The van der Waals surface area contributed by atoms with Crippen LogP contribution in [0.25, 0.3) is 0 Å². The third-order valence-corrected chi connectivity index (χ3v) is 4.62. The minimum Gasteiger partial charge on any atom is -0.301 e. The molecule has 0 radical (unpaired) electrons. The average Bonchev–Trinajstić information content (AvgIpc) is 2.16. The van der Waals surface area contributed by atoms with Crippen LogP contribution in [-0.4, -0.2) is 24.0 Å². The first-order valence-corrected chi connectivity index (χ1v) is 7.21. The maximum absolute atomic E-state index is 12.2. The zero-order valence-corrected chi connectivity index (χ0v) is 11.6. The maximum Gasteiger partial charge on any atom is 0.357 e. The van der Waals surface area contributed by atoms with Crippen LogP contribution in [0.2, 0.25) is 0 Å². The van der Waals surface area contributed by atoms with Gasteiger partial charge in [0.2, 0.25) is 0 Å². The molecule has 0 rings (SSSR count). The summed E-state index contributed by atoms with van der Waals surface area (Å²) in [5.74, 6) is 0.492. The molecule has 0 saturated heterocycles. The fourth-order valence-corrected chi connectivity index (χ4v) is 2.54. The van der Waals surface area contributed by atoms with Crippen molar-refractivity contribution in [2.24, 2.45) is 0 Å². The number of rotatable bonds is 7. The van der Waals surface area contributed by atoms with Gasteiger partial charge >= 0.3 is 7.60 Å². The van der Waals surface area contributed by atoms with Crippen LogP contribution < -0.4 is 0 Å². The van der Waals surface area contributed by atoms with Crippen molar-refractivity contribution >= 4 is 30.8 Å². The summed E-state index contributed by atoms with van der Waals surface area (Å²) >= 11 is 11.2. The molecule has 90 valence electrons. The van der Waals surface area contributed by atoms with E-state index in [1.54, 1.807) is 20.8 Å². The molecule has 0 aliphatic carbocycles. The topological polar surface area (TPSA) is 35.5 Å². The number of hydrogen-bond acceptors (Lipinski definition) is 3. The van der Waals surface area contributed by atoms with Gasteiger partial charge < -0.3 is 9.05 Å². The molecule has 0 amide bonds. The molecule has 0 aliphatic heterocycles. The van der Waals surface area contributed by atoms with E-state index < -0.39 is 7.60 Å². The summed E-state index contributed by atoms with van der Waals surface area (Å²) in [6, 6.07) is 0. The van der Waals surface area contributed by atoms with Crippen LogP contribution in [0.3, 0.4) is 0 Å². The molecule has 0 bridgehead atoms. The lowest BCUT2D eigenvalue weighted by atomic mass is 10.5. The summed E-state index contributed by atoms with van der Waals surface area (Å²) in [7, 11) is -3.30. The van der Waals surface area contributed by atoms with Gasteiger partial charge in [0.05, 0.1) is 12.2 Å². The highest BCUT2D eigenvalue weighted by molar-refractivity contribution is 7.58. The summed E-state index contributed by atoms with van der Waals surface area (Å²) in [5.41, 5.74) is 0. The Hall–Kier alpha value is 0.470. The van der Waals surface area contributed by atoms with Crippen molar-refractivity contribution in [2.75, 3.05) is 11.8 Å². The van der Waals surface area contributed by atoms with E-state index in [4.69, 9.17) is 32.2 Å². The van der Waals surface area contributed by atoms with Gasteiger partial charge in [-0.15, -0.1) is 23.2 Å². The Bertz CT molecular complexity index is 242. The molecule has 0 aromatic rings. The van der Waals surface area contributed by atoms with Crippen LogP contribution >= 0.6 is 30.8 Å². The van der Waals surface area contributed by atoms with Crippen molar-refractivity contribution in [1.29, 1.82) is 0 Å². The van der Waals surface area contributed by atoms with Gasteiger partial charge in [0.25, 0.3) is 0 Å². The number of alkyl halides is 2. The third kappa shape index (κ3) is 5.37. The van der Waals surface area contributed by atoms with Crippen molar-refractivity contribution in [3.63, 3.8) is 0 Å². The van der Waals surface area contributed by atoms with Crippen molar-refractivity contribution in [3.05, 3.63) is 11.9 Å². The lowest BCUT2D eigenvalue weighted by Crippen LogP contribution is -2.14. The normalized spacial score (nSPS) is 19.3. The first-order chi connectivity index (χ1) is 6.85. The Morgan fingerprint density at radius 3 is 1.80 bits per heavy atom. The quantitative estimate of drug-likeness (QED) is 0.520. The molecule has 1 unspecified atom stereocenters. The van der Waals surface area contributed by atoms with Gasteiger partial charge in [-0.3, -0.25) is 4.57 Å². The lowest BCUT2D eigenvalue weighted by Gasteiger charge is -2.23. The summed E-state index contributed by atoms with van der Waals surface area (Å²) in [4.78, 5) is 0. The van der Waals surface area contributed by atoms with Gasteiger partial charge in [0.15, 0.2) is 0 Å². The van der Waals surface area contributed by atoms with E-state index in [1.807, 2.05) is 0 Å². The van der Waals surface area contributed by atoms with Gasteiger partial charge in [0, 0.05) is 17.1 Å². The van der Waals surface area contributed by atoms with Crippen molar-refractivity contribution < 1.29 is 13.6 Å². The first kappa shape index (κ1) is 15.5. The number of hydrogen-bond donors (Lipinski definition) is 0. The lowest BCUT2D eigenvalue weighted by molar-refractivity contribution is 0.150. The molecule has 0 saturated carbocycles. The monoisotopic (exact) mass is 274 g/mol. The predicted molar refractivity (Wildman–Crippen MR) is 65.0 cm³/mol. The first-order valence-electron chi connectivity index (χ1n) is 4.60. The molecule has 0 N–H and O–H groups in total. The maximum atomic E-state index is 12.2. The molecule has 0 aliphatic rings. The van der Waals surface area contributed by atoms with E-state index in [2.05, 4.69) is 6.58 Å². The summed E-state index contributed by atoms with van der Waals surface area (Å²) in [6.07, 6.45) is -0.701. The SMILES string of the molecule is C=C(C)P(=O)(O[C@H](C)CCl)O[C@@H](C)CCl. The van der Waals surface area contributed by atoms with Crippen molar-refractivity contribution in [2.45, 2.75) is 33.0 Å². The Labute approximate surface area is 101 Å². The van der Waals surface area contributed by atoms with E-state index in [0.717, 1.165) is 0 Å². The van der Waals surface area contributed by atoms with E-state index in [1.165, 1.54) is 0 Å². The van der Waals surface area contributed by atoms with Crippen LogP contribution in [0.15, 0.2) is 11.9 Å². The minimum absolute atomic E-state index is 0.246. The molecule has 3 nitrogen and oxygen atoms in total. The highest BCUT2D eigenvalue weighted by Crippen LogP contribution is 2.57. The number of halogens is 2. The smallest absolute Gasteiger partial charge is 0.301 e. The van der Waals surface area contributed by atoms with Crippen LogP contribution in [0.4, 0.5) is 0 Å². The zero-order chi connectivity index (χ0) is 12.1. The Morgan fingerprint density at radius 1 is 1.27 bits per heavy atom. The molecule has 3 atom stereocenters. The van der Waals surface area contributed by atoms with Crippen molar-refractivity contribution in [1.82, 2.24) is 0 Å². The second-order valence-electron chi connectivity index (χ2n) is 3.37. The minimum atomic E-state index is -3.30. The summed E-state index contributed by atoms with van der Waals surface area (Å²) in [5, 5.41) is 0.358. The fourth-order valence-electron chi connectivity index (χ4n) is 0.735. The molecule has 0 aromatic heterocycles. The predicted octanol–water partition coefficient (Wildman–Crippen LogP) is 4.00. The zero-order valence-electron chi connectivity index (χ0n) is 9.20. The van der Waals surface area contributed by atoms with Gasteiger partial charge in [-0.2, -0.15) is 0 Å². The molecule has 0 heterocycles. The highest BCUT2D eigenvalue weighted by atomic mass is 35.5. The molecule has 0 aromatic carbocycles. The second-order valence-corrected chi connectivity index (χ2v) is 6.17. The molecule has 0 spiro atoms. The standard InChI is InChI=1S/C9H17Cl2O3P/c1-7(2)15(12,13-8(3)5-10)14-9(4)6-11/h8-9H,1,5-6H2,2-4H3/t8-,9+,15?. The van der Waals surface area contributed by atoms with E-state index in [0.29, 0.717) is 5.31 Å². The van der Waals surface area contributed by atoms with Crippen LogP contribution in [0, 0.1) is 0 Å². The fraction of sp³-hybridized carbons (Fsp3) is 0.778. The van der Waals surface area contributed by atoms with Crippen molar-refractivity contribution in [3.8, 4) is 0 Å². The van der Waals surface area contributed by atoms with E-state index in [9.17, 15) is 4.57 Å². The molecular formula is C9H17Cl2O3P. The van der Waals surface area contributed by atoms with Gasteiger partial charge in [-0.1, -0.05) is 6.58 Å². The summed E-state index contributed by atoms with van der Waals surface area (Å²) in [6.45, 7) is 8.64. The van der Waals surface area contributed by atoms with E-state index >= 15 is 0 Å². The largest absolute Gasteiger partial charge is 0.357 e. The Morgan fingerprint density at radius 2 is 1.60 bits per heavy atom. The van der Waals surface area contributed by atoms with Gasteiger partial charge in [-0.25, -0.2) is 0 Å². The van der Waals surface area contributed by atoms with Crippen LogP contribution in [0.5, 0.6) is 0 Å². The van der Waals surface area contributed by atoms with Crippen LogP contribution in [-0.2, 0) is 13.6 Å². The van der Waals surface area contributed by atoms with Gasteiger partial charge in [0.1, 0.15) is 0 Å².